The van der Waals surface area contributed by atoms with Crippen LogP contribution >= 0.6 is 0 Å². The molecule has 0 saturated carbocycles. The molecule has 0 atom stereocenters. The largest absolute Gasteiger partial charge is 0.364 e. The SMILES string of the molecule is O=C(NCCS(=O)(=O)c1ccc(F)cc1)c1ccon1. The number of sulfone groups is 1. The molecule has 0 aliphatic carbocycles. The standard InChI is InChI=1S/C12H11FN2O4S/c13-9-1-3-10(4-2-9)20(17,18)8-6-14-12(16)11-5-7-19-15-11/h1-5,7H,6,8H2,(H,14,16). The van der Waals surface area contributed by atoms with E-state index >= 15 is 0 Å². The van der Waals surface area contributed by atoms with Crippen molar-refractivity contribution in [3.8, 4) is 0 Å². The minimum atomic E-state index is -3.57. The van der Waals surface area contributed by atoms with Gasteiger partial charge in [0.25, 0.3) is 5.91 Å². The Morgan fingerprint density at radius 1 is 1.25 bits per heavy atom. The maximum absolute atomic E-state index is 12.7. The Balaban J connectivity index is 1.93. The van der Waals surface area contributed by atoms with Crippen molar-refractivity contribution in [1.82, 2.24) is 10.5 Å². The molecule has 0 fully saturated rings. The first-order chi connectivity index (χ1) is 9.49. The number of nitrogens with one attached hydrogen (secondary N) is 1. The molecule has 8 heteroatoms. The number of hydrogen-bond acceptors (Lipinski definition) is 5. The number of carbonyl (C=O) groups is 1. The predicted molar refractivity (Wildman–Crippen MR) is 67.3 cm³/mol. The van der Waals surface area contributed by atoms with Gasteiger partial charge in [0, 0.05) is 12.6 Å². The minimum Gasteiger partial charge on any atom is -0.364 e. The first kappa shape index (κ1) is 14.2. The van der Waals surface area contributed by atoms with Crippen LogP contribution in [0.15, 0.2) is 46.0 Å². The third kappa shape index (κ3) is 3.41. The second-order valence-electron chi connectivity index (χ2n) is 3.91. The summed E-state index contributed by atoms with van der Waals surface area (Å²) in [4.78, 5) is 11.5. The van der Waals surface area contributed by atoms with E-state index in [1.807, 2.05) is 0 Å². The van der Waals surface area contributed by atoms with E-state index in [4.69, 9.17) is 0 Å². The molecule has 1 N–H and O–H groups in total. The molecule has 1 aromatic carbocycles. The van der Waals surface area contributed by atoms with Gasteiger partial charge >= 0.3 is 0 Å². The van der Waals surface area contributed by atoms with Crippen LogP contribution in [0.4, 0.5) is 4.39 Å². The molecule has 0 aliphatic rings. The van der Waals surface area contributed by atoms with E-state index in [-0.39, 0.29) is 22.9 Å². The van der Waals surface area contributed by atoms with Crippen molar-refractivity contribution in [2.75, 3.05) is 12.3 Å². The van der Waals surface area contributed by atoms with E-state index < -0.39 is 21.6 Å². The van der Waals surface area contributed by atoms with Gasteiger partial charge in [0.2, 0.25) is 0 Å². The van der Waals surface area contributed by atoms with Crippen molar-refractivity contribution < 1.29 is 22.1 Å². The molecule has 0 radical (unpaired) electrons. The molecule has 0 bridgehead atoms. The Morgan fingerprint density at radius 3 is 2.55 bits per heavy atom. The van der Waals surface area contributed by atoms with Gasteiger partial charge in [0.1, 0.15) is 12.1 Å². The maximum Gasteiger partial charge on any atom is 0.273 e. The highest BCUT2D eigenvalue weighted by Gasteiger charge is 2.15. The molecule has 1 heterocycles. The normalized spacial score (nSPS) is 11.2. The number of halogens is 1. The predicted octanol–water partition coefficient (Wildman–Crippen LogP) is 1.02. The van der Waals surface area contributed by atoms with Crippen molar-refractivity contribution in [3.63, 3.8) is 0 Å². The third-order valence-electron chi connectivity index (χ3n) is 2.50. The Labute approximate surface area is 114 Å². The fraction of sp³-hybridized carbons (Fsp3) is 0.167. The molecular weight excluding hydrogens is 287 g/mol. The van der Waals surface area contributed by atoms with Crippen LogP contribution in [0.2, 0.25) is 0 Å². The fourth-order valence-corrected chi connectivity index (χ4v) is 2.64. The summed E-state index contributed by atoms with van der Waals surface area (Å²) in [7, 11) is -3.57. The van der Waals surface area contributed by atoms with Gasteiger partial charge in [-0.05, 0) is 24.3 Å². The van der Waals surface area contributed by atoms with Gasteiger partial charge < -0.3 is 9.84 Å². The second kappa shape index (κ2) is 5.83. The molecule has 6 nitrogen and oxygen atoms in total. The highest BCUT2D eigenvalue weighted by Crippen LogP contribution is 2.11. The lowest BCUT2D eigenvalue weighted by atomic mass is 10.4. The number of carbonyl (C=O) groups excluding carboxylic acids is 1. The number of rotatable bonds is 5. The van der Waals surface area contributed by atoms with E-state index in [1.54, 1.807) is 0 Å². The molecule has 1 amide bonds. The zero-order chi connectivity index (χ0) is 14.6. The average molecular weight is 298 g/mol. The molecular formula is C12H11FN2O4S. The molecule has 20 heavy (non-hydrogen) atoms. The lowest BCUT2D eigenvalue weighted by molar-refractivity contribution is 0.0947. The van der Waals surface area contributed by atoms with Crippen molar-refractivity contribution in [2.24, 2.45) is 0 Å². The van der Waals surface area contributed by atoms with Crippen LogP contribution in [0.3, 0.4) is 0 Å². The molecule has 0 spiro atoms. The summed E-state index contributed by atoms with van der Waals surface area (Å²) in [5.41, 5.74) is 0.0733. The first-order valence-corrected chi connectivity index (χ1v) is 7.31. The first-order valence-electron chi connectivity index (χ1n) is 5.66. The Bertz CT molecular complexity index is 681. The summed E-state index contributed by atoms with van der Waals surface area (Å²) < 4.78 is 41.0. The molecule has 0 saturated heterocycles. The quantitative estimate of drug-likeness (QED) is 0.832. The number of hydrogen-bond donors (Lipinski definition) is 1. The molecule has 2 rings (SSSR count). The number of aromatic nitrogens is 1. The van der Waals surface area contributed by atoms with Gasteiger partial charge in [0.15, 0.2) is 15.5 Å². The van der Waals surface area contributed by atoms with E-state index in [0.717, 1.165) is 12.1 Å². The van der Waals surface area contributed by atoms with E-state index in [1.165, 1.54) is 24.5 Å². The van der Waals surface area contributed by atoms with E-state index in [0.29, 0.717) is 0 Å². The topological polar surface area (TPSA) is 89.3 Å². The lowest BCUT2D eigenvalue weighted by Gasteiger charge is -2.05. The van der Waals surface area contributed by atoms with Crippen LogP contribution in [-0.4, -0.2) is 31.8 Å². The number of amides is 1. The van der Waals surface area contributed by atoms with Crippen molar-refractivity contribution in [2.45, 2.75) is 4.90 Å². The summed E-state index contributed by atoms with van der Waals surface area (Å²) in [5, 5.41) is 5.83. The second-order valence-corrected chi connectivity index (χ2v) is 6.02. The highest BCUT2D eigenvalue weighted by atomic mass is 32.2. The zero-order valence-electron chi connectivity index (χ0n) is 10.2. The van der Waals surface area contributed by atoms with Crippen LogP contribution in [-0.2, 0) is 9.84 Å². The Hall–Kier alpha value is -2.22. The fourth-order valence-electron chi connectivity index (χ4n) is 1.48. The molecule has 1 aromatic heterocycles. The smallest absolute Gasteiger partial charge is 0.273 e. The van der Waals surface area contributed by atoms with Crippen molar-refractivity contribution in [3.05, 3.63) is 48.1 Å². The van der Waals surface area contributed by atoms with Crippen molar-refractivity contribution >= 4 is 15.7 Å². The molecule has 106 valence electrons. The van der Waals surface area contributed by atoms with Gasteiger partial charge in [-0.3, -0.25) is 4.79 Å². The zero-order valence-corrected chi connectivity index (χ0v) is 11.1. The van der Waals surface area contributed by atoms with Gasteiger partial charge in [-0.15, -0.1) is 0 Å². The summed E-state index contributed by atoms with van der Waals surface area (Å²) >= 11 is 0. The van der Waals surface area contributed by atoms with Crippen LogP contribution < -0.4 is 5.32 Å². The number of benzene rings is 1. The monoisotopic (exact) mass is 298 g/mol. The summed E-state index contributed by atoms with van der Waals surface area (Å²) in [6, 6.07) is 5.87. The Morgan fingerprint density at radius 2 is 1.95 bits per heavy atom. The van der Waals surface area contributed by atoms with E-state index in [2.05, 4.69) is 15.0 Å². The van der Waals surface area contributed by atoms with Gasteiger partial charge in [-0.1, -0.05) is 5.16 Å². The van der Waals surface area contributed by atoms with Crippen LogP contribution in [0.1, 0.15) is 10.5 Å². The summed E-state index contributed by atoms with van der Waals surface area (Å²) in [5.74, 6) is -1.32. The third-order valence-corrected chi connectivity index (χ3v) is 4.23. The van der Waals surface area contributed by atoms with Crippen LogP contribution in [0.25, 0.3) is 0 Å². The van der Waals surface area contributed by atoms with Gasteiger partial charge in [-0.2, -0.15) is 0 Å². The minimum absolute atomic E-state index is 0.00888. The van der Waals surface area contributed by atoms with Gasteiger partial charge in [0.05, 0.1) is 10.6 Å². The molecule has 2 aromatic rings. The van der Waals surface area contributed by atoms with Crippen molar-refractivity contribution in [1.29, 1.82) is 0 Å². The average Bonchev–Trinajstić information content (AvgIpc) is 2.93. The molecule has 0 unspecified atom stereocenters. The summed E-state index contributed by atoms with van der Waals surface area (Å²) in [6.07, 6.45) is 1.24. The highest BCUT2D eigenvalue weighted by molar-refractivity contribution is 7.91. The van der Waals surface area contributed by atoms with Crippen LogP contribution in [0, 0.1) is 5.82 Å². The molecule has 0 aliphatic heterocycles. The summed E-state index contributed by atoms with van der Waals surface area (Å²) in [6.45, 7) is -0.0780. The van der Waals surface area contributed by atoms with Gasteiger partial charge in [-0.25, -0.2) is 12.8 Å². The van der Waals surface area contributed by atoms with E-state index in [9.17, 15) is 17.6 Å². The lowest BCUT2D eigenvalue weighted by Crippen LogP contribution is -2.29. The number of nitrogens with zero attached hydrogens (tertiary/aromatic N) is 1. The Kier molecular flexibility index (Phi) is 4.14. The van der Waals surface area contributed by atoms with Crippen LogP contribution in [0.5, 0.6) is 0 Å². The maximum atomic E-state index is 12.7.